The van der Waals surface area contributed by atoms with Crippen LogP contribution in [0.15, 0.2) is 12.1 Å². The van der Waals surface area contributed by atoms with Gasteiger partial charge in [0, 0.05) is 18.6 Å². The zero-order valence-electron chi connectivity index (χ0n) is 11.7. The number of anilines is 1. The van der Waals surface area contributed by atoms with Crippen molar-refractivity contribution in [2.24, 2.45) is 5.41 Å². The van der Waals surface area contributed by atoms with E-state index in [2.05, 4.69) is 5.32 Å². The number of rotatable bonds is 6. The normalized spacial score (nSPS) is 11.3. The molecule has 116 valence electrons. The zero-order valence-corrected chi connectivity index (χ0v) is 11.7. The van der Waals surface area contributed by atoms with Crippen LogP contribution in [0.2, 0.25) is 0 Å². The fraction of sp³-hybridized carbons (Fsp3) is 0.429. The maximum Gasteiger partial charge on any atom is 0.310 e. The number of hydrogen-bond acceptors (Lipinski definition) is 2. The maximum atomic E-state index is 13.4. The topological polar surface area (TPSA) is 66.4 Å². The van der Waals surface area contributed by atoms with Crippen LogP contribution >= 0.6 is 0 Å². The minimum absolute atomic E-state index is 0.215. The van der Waals surface area contributed by atoms with Crippen LogP contribution in [0.1, 0.15) is 33.1 Å². The second-order valence-electron chi connectivity index (χ2n) is 4.76. The minimum Gasteiger partial charge on any atom is -0.481 e. The molecule has 1 rings (SSSR count). The molecule has 0 bridgehead atoms. The van der Waals surface area contributed by atoms with Gasteiger partial charge < -0.3 is 10.4 Å². The van der Waals surface area contributed by atoms with Crippen LogP contribution in [0.4, 0.5) is 18.9 Å². The molecule has 0 aliphatic rings. The van der Waals surface area contributed by atoms with Crippen molar-refractivity contribution in [1.82, 2.24) is 0 Å². The number of amides is 1. The van der Waals surface area contributed by atoms with Crippen molar-refractivity contribution >= 4 is 17.6 Å². The van der Waals surface area contributed by atoms with E-state index in [9.17, 15) is 27.9 Å². The molecule has 0 radical (unpaired) electrons. The first-order chi connectivity index (χ1) is 9.75. The van der Waals surface area contributed by atoms with Crippen molar-refractivity contribution in [3.8, 4) is 0 Å². The lowest BCUT2D eigenvalue weighted by molar-refractivity contribution is -0.151. The molecule has 0 aromatic heterocycles. The molecule has 21 heavy (non-hydrogen) atoms. The van der Waals surface area contributed by atoms with E-state index in [4.69, 9.17) is 0 Å². The van der Waals surface area contributed by atoms with Crippen molar-refractivity contribution in [2.75, 3.05) is 5.32 Å². The number of carboxylic acids is 1. The fourth-order valence-corrected chi connectivity index (χ4v) is 2.00. The van der Waals surface area contributed by atoms with Gasteiger partial charge in [-0.25, -0.2) is 13.2 Å². The fourth-order valence-electron chi connectivity index (χ4n) is 2.00. The number of carbonyl (C=O) groups is 2. The molecule has 0 spiro atoms. The predicted molar refractivity (Wildman–Crippen MR) is 70.2 cm³/mol. The number of carboxylic acid groups (broad SMARTS) is 1. The molecular weight excluding hydrogens is 287 g/mol. The highest BCUT2D eigenvalue weighted by atomic mass is 19.2. The van der Waals surface area contributed by atoms with Crippen LogP contribution < -0.4 is 5.32 Å². The predicted octanol–water partition coefficient (Wildman–Crippen LogP) is 3.32. The quantitative estimate of drug-likeness (QED) is 0.792. The number of carbonyl (C=O) groups excluding carboxylic acids is 1. The molecule has 0 fully saturated rings. The number of nitrogens with one attached hydrogen (secondary N) is 1. The Labute approximate surface area is 120 Å². The lowest BCUT2D eigenvalue weighted by Crippen LogP contribution is -2.34. The largest absolute Gasteiger partial charge is 0.481 e. The van der Waals surface area contributed by atoms with Crippen LogP contribution in [0, 0.1) is 22.9 Å². The smallest absolute Gasteiger partial charge is 0.310 e. The molecule has 1 aromatic rings. The van der Waals surface area contributed by atoms with E-state index in [-0.39, 0.29) is 19.3 Å². The Kier molecular flexibility index (Phi) is 5.34. The third-order valence-corrected chi connectivity index (χ3v) is 3.59. The zero-order chi connectivity index (χ0) is 16.2. The van der Waals surface area contributed by atoms with Gasteiger partial charge in [0.15, 0.2) is 11.6 Å². The van der Waals surface area contributed by atoms with Crippen LogP contribution in [-0.4, -0.2) is 17.0 Å². The molecule has 0 aliphatic carbocycles. The van der Waals surface area contributed by atoms with Gasteiger partial charge in [-0.15, -0.1) is 0 Å². The monoisotopic (exact) mass is 303 g/mol. The first-order valence-corrected chi connectivity index (χ1v) is 6.43. The van der Waals surface area contributed by atoms with Gasteiger partial charge in [0.1, 0.15) is 5.82 Å². The lowest BCUT2D eigenvalue weighted by atomic mass is 9.79. The summed E-state index contributed by atoms with van der Waals surface area (Å²) in [6.45, 7) is 3.26. The molecule has 0 unspecified atom stereocenters. The number of halogens is 3. The molecule has 7 heteroatoms. The lowest BCUT2D eigenvalue weighted by Gasteiger charge is -2.25. The average Bonchev–Trinajstić information content (AvgIpc) is 2.42. The second-order valence-corrected chi connectivity index (χ2v) is 4.76. The summed E-state index contributed by atoms with van der Waals surface area (Å²) in [5, 5.41) is 11.3. The summed E-state index contributed by atoms with van der Waals surface area (Å²) in [7, 11) is 0. The molecular formula is C14H16F3NO3. The first kappa shape index (κ1) is 17.0. The summed E-state index contributed by atoms with van der Waals surface area (Å²) in [5.41, 5.74) is -1.79. The van der Waals surface area contributed by atoms with Crippen molar-refractivity contribution in [3.05, 3.63) is 29.6 Å². The minimum atomic E-state index is -1.37. The number of hydrogen-bond donors (Lipinski definition) is 2. The van der Waals surface area contributed by atoms with Gasteiger partial charge in [-0.05, 0) is 12.8 Å². The van der Waals surface area contributed by atoms with E-state index in [1.807, 2.05) is 0 Å². The highest BCUT2D eigenvalue weighted by molar-refractivity contribution is 5.94. The summed E-state index contributed by atoms with van der Waals surface area (Å²) < 4.78 is 39.2. The maximum absolute atomic E-state index is 13.4. The van der Waals surface area contributed by atoms with Crippen LogP contribution in [0.3, 0.4) is 0 Å². The summed E-state index contributed by atoms with van der Waals surface area (Å²) in [6, 6.07) is 0.831. The Bertz CT molecular complexity index is 557. The molecule has 4 nitrogen and oxygen atoms in total. The Hall–Kier alpha value is -2.05. The highest BCUT2D eigenvalue weighted by Crippen LogP contribution is 2.31. The van der Waals surface area contributed by atoms with E-state index in [0.717, 1.165) is 0 Å². The van der Waals surface area contributed by atoms with Crippen LogP contribution in [0.25, 0.3) is 0 Å². The van der Waals surface area contributed by atoms with Crippen molar-refractivity contribution in [2.45, 2.75) is 33.1 Å². The highest BCUT2D eigenvalue weighted by Gasteiger charge is 2.37. The first-order valence-electron chi connectivity index (χ1n) is 6.43. The summed E-state index contributed by atoms with van der Waals surface area (Å²) >= 11 is 0. The van der Waals surface area contributed by atoms with Crippen LogP contribution in [-0.2, 0) is 9.59 Å². The van der Waals surface area contributed by atoms with Crippen molar-refractivity contribution in [3.63, 3.8) is 0 Å². The molecule has 2 N–H and O–H groups in total. The molecule has 0 heterocycles. The molecule has 1 amide bonds. The summed E-state index contributed by atoms with van der Waals surface area (Å²) in [4.78, 5) is 23.1. The standard InChI is InChI=1S/C14H16F3NO3/c1-3-14(4-2,13(20)21)7-12(19)18-11-6-9(16)8(15)5-10(11)17/h5-6H,3-4,7H2,1-2H3,(H,18,19)(H,20,21). The SMILES string of the molecule is CCC(CC)(CC(=O)Nc1cc(F)c(F)cc1F)C(=O)O. The Balaban J connectivity index is 2.92. The van der Waals surface area contributed by atoms with E-state index >= 15 is 0 Å². The van der Waals surface area contributed by atoms with E-state index in [1.54, 1.807) is 13.8 Å². The Morgan fingerprint density at radius 3 is 2.10 bits per heavy atom. The third kappa shape index (κ3) is 3.74. The molecule has 0 saturated heterocycles. The molecule has 0 saturated carbocycles. The van der Waals surface area contributed by atoms with Gasteiger partial charge in [0.05, 0.1) is 11.1 Å². The summed E-state index contributed by atoms with van der Waals surface area (Å²) in [6.07, 6.45) is 0.0484. The third-order valence-electron chi connectivity index (χ3n) is 3.59. The van der Waals surface area contributed by atoms with Crippen LogP contribution in [0.5, 0.6) is 0 Å². The van der Waals surface area contributed by atoms with Gasteiger partial charge in [-0.2, -0.15) is 0 Å². The molecule has 0 atom stereocenters. The number of benzene rings is 1. The Morgan fingerprint density at radius 2 is 1.62 bits per heavy atom. The van der Waals surface area contributed by atoms with E-state index in [0.29, 0.717) is 12.1 Å². The Morgan fingerprint density at radius 1 is 1.10 bits per heavy atom. The summed E-state index contributed by atoms with van der Waals surface area (Å²) in [5.74, 6) is -5.70. The van der Waals surface area contributed by atoms with E-state index < -0.39 is 40.4 Å². The van der Waals surface area contributed by atoms with Gasteiger partial charge in [-0.1, -0.05) is 13.8 Å². The second kappa shape index (κ2) is 6.60. The van der Waals surface area contributed by atoms with Crippen molar-refractivity contribution in [1.29, 1.82) is 0 Å². The molecule has 1 aromatic carbocycles. The van der Waals surface area contributed by atoms with E-state index in [1.165, 1.54) is 0 Å². The van der Waals surface area contributed by atoms with Gasteiger partial charge in [0.25, 0.3) is 0 Å². The van der Waals surface area contributed by atoms with Gasteiger partial charge in [-0.3, -0.25) is 9.59 Å². The average molecular weight is 303 g/mol. The van der Waals surface area contributed by atoms with Crippen molar-refractivity contribution < 1.29 is 27.9 Å². The van der Waals surface area contributed by atoms with Gasteiger partial charge in [0.2, 0.25) is 5.91 Å². The number of aliphatic carboxylic acids is 1. The molecule has 0 aliphatic heterocycles. The van der Waals surface area contributed by atoms with Gasteiger partial charge >= 0.3 is 5.97 Å².